The average molecular weight is 437 g/mol. The number of carbonyl (C=O) groups excluding carboxylic acids is 3. The first-order chi connectivity index (χ1) is 15.0. The van der Waals surface area contributed by atoms with E-state index in [0.717, 1.165) is 22.2 Å². The smallest absolute Gasteiger partial charge is 0.293 e. The molecule has 1 aliphatic rings. The summed E-state index contributed by atoms with van der Waals surface area (Å²) in [7, 11) is 1.57. The van der Waals surface area contributed by atoms with Crippen LogP contribution in [0.4, 0.5) is 4.79 Å². The number of amides is 3. The van der Waals surface area contributed by atoms with Gasteiger partial charge in [-0.3, -0.25) is 19.3 Å². The van der Waals surface area contributed by atoms with Crippen molar-refractivity contribution in [2.45, 2.75) is 0 Å². The molecule has 1 heterocycles. The van der Waals surface area contributed by atoms with Gasteiger partial charge in [-0.2, -0.15) is 5.26 Å². The van der Waals surface area contributed by atoms with Gasteiger partial charge in [-0.05, 0) is 59.8 Å². The molecule has 158 valence electrons. The highest BCUT2D eigenvalue weighted by molar-refractivity contribution is 8.18. The first kappa shape index (κ1) is 21.9. The van der Waals surface area contributed by atoms with E-state index in [1.54, 1.807) is 61.7 Å². The summed E-state index contributed by atoms with van der Waals surface area (Å²) >= 11 is 0.863. The van der Waals surface area contributed by atoms with Crippen LogP contribution in [-0.2, 0) is 9.59 Å². The maximum Gasteiger partial charge on any atom is 0.293 e. The minimum atomic E-state index is -0.395. The monoisotopic (exact) mass is 437 g/mol. The predicted octanol–water partition coefficient (Wildman–Crippen LogP) is 2.80. The van der Waals surface area contributed by atoms with Crippen LogP contribution < -0.4 is 14.8 Å². The molecule has 0 unspecified atom stereocenters. The summed E-state index contributed by atoms with van der Waals surface area (Å²) in [5, 5.41) is 11.0. The molecule has 0 aromatic heterocycles. The number of hydrogen-bond donors (Lipinski definition) is 1. The van der Waals surface area contributed by atoms with Crippen molar-refractivity contribution in [2.24, 2.45) is 0 Å². The standard InChI is InChI=1S/C22H19N3O5S/c1-29-17-6-2-15(3-7-17)12-19-21(27)25(22(28)31-19)11-10-24-20(26)14-30-18-8-4-16(13-23)5-9-18/h2-9,12H,10-11,14H2,1H3,(H,24,26)/b19-12-. The molecule has 2 aromatic rings. The molecule has 1 N–H and O–H groups in total. The van der Waals surface area contributed by atoms with Crippen molar-refractivity contribution in [3.63, 3.8) is 0 Å². The normalized spacial score (nSPS) is 14.5. The van der Waals surface area contributed by atoms with Crippen molar-refractivity contribution in [2.75, 3.05) is 26.8 Å². The fourth-order valence-electron chi connectivity index (χ4n) is 2.68. The zero-order valence-corrected chi connectivity index (χ0v) is 17.5. The molecule has 3 rings (SSSR count). The fraction of sp³-hybridized carbons (Fsp3) is 0.182. The van der Waals surface area contributed by atoms with Gasteiger partial charge in [0.2, 0.25) is 0 Å². The minimum Gasteiger partial charge on any atom is -0.497 e. The van der Waals surface area contributed by atoms with Gasteiger partial charge in [-0.15, -0.1) is 0 Å². The second-order valence-corrected chi connectivity index (χ2v) is 7.37. The Balaban J connectivity index is 1.46. The highest BCUT2D eigenvalue weighted by Crippen LogP contribution is 2.32. The number of nitrogens with zero attached hydrogens (tertiary/aromatic N) is 2. The summed E-state index contributed by atoms with van der Waals surface area (Å²) in [6.07, 6.45) is 1.65. The van der Waals surface area contributed by atoms with E-state index in [4.69, 9.17) is 14.7 Å². The third-order valence-corrected chi connectivity index (χ3v) is 5.21. The third-order valence-electron chi connectivity index (χ3n) is 4.30. The molecule has 0 radical (unpaired) electrons. The number of thioether (sulfide) groups is 1. The number of hydrogen-bond acceptors (Lipinski definition) is 7. The van der Waals surface area contributed by atoms with Gasteiger partial charge >= 0.3 is 0 Å². The second kappa shape index (κ2) is 10.3. The zero-order chi connectivity index (χ0) is 22.2. The van der Waals surface area contributed by atoms with E-state index in [-0.39, 0.29) is 30.8 Å². The molecule has 9 heteroatoms. The Morgan fingerprint density at radius 3 is 2.45 bits per heavy atom. The van der Waals surface area contributed by atoms with Gasteiger partial charge in [0.15, 0.2) is 6.61 Å². The van der Waals surface area contributed by atoms with Crippen LogP contribution in [0.15, 0.2) is 53.4 Å². The lowest BCUT2D eigenvalue weighted by Crippen LogP contribution is -2.38. The number of methoxy groups -OCH3 is 1. The van der Waals surface area contributed by atoms with Gasteiger partial charge < -0.3 is 14.8 Å². The second-order valence-electron chi connectivity index (χ2n) is 6.38. The molecule has 31 heavy (non-hydrogen) atoms. The Morgan fingerprint density at radius 2 is 1.81 bits per heavy atom. The van der Waals surface area contributed by atoms with E-state index in [9.17, 15) is 14.4 Å². The highest BCUT2D eigenvalue weighted by atomic mass is 32.2. The van der Waals surface area contributed by atoms with Crippen LogP contribution >= 0.6 is 11.8 Å². The molecule has 2 aromatic carbocycles. The van der Waals surface area contributed by atoms with Gasteiger partial charge in [0.05, 0.1) is 23.6 Å². The number of ether oxygens (including phenoxy) is 2. The SMILES string of the molecule is COc1ccc(/C=C2\SC(=O)N(CCNC(=O)COc3ccc(C#N)cc3)C2=O)cc1. The summed E-state index contributed by atoms with van der Waals surface area (Å²) in [6, 6.07) is 15.5. The van der Waals surface area contributed by atoms with Gasteiger partial charge in [-0.1, -0.05) is 12.1 Å². The van der Waals surface area contributed by atoms with E-state index >= 15 is 0 Å². The van der Waals surface area contributed by atoms with E-state index in [1.807, 2.05) is 6.07 Å². The Labute approximate surface area is 183 Å². The van der Waals surface area contributed by atoms with E-state index in [2.05, 4.69) is 5.32 Å². The summed E-state index contributed by atoms with van der Waals surface area (Å²) in [5.74, 6) is 0.381. The Kier molecular flexibility index (Phi) is 7.30. The topological polar surface area (TPSA) is 109 Å². The molecule has 0 bridgehead atoms. The van der Waals surface area contributed by atoms with Crippen molar-refractivity contribution in [1.29, 1.82) is 5.26 Å². The van der Waals surface area contributed by atoms with E-state index < -0.39 is 5.91 Å². The largest absolute Gasteiger partial charge is 0.497 e. The highest BCUT2D eigenvalue weighted by Gasteiger charge is 2.34. The molecule has 0 atom stereocenters. The van der Waals surface area contributed by atoms with Crippen LogP contribution in [-0.4, -0.2) is 48.8 Å². The predicted molar refractivity (Wildman–Crippen MR) is 115 cm³/mol. The molecule has 1 fully saturated rings. The summed E-state index contributed by atoms with van der Waals surface area (Å²) in [5.41, 5.74) is 1.27. The van der Waals surface area contributed by atoms with Crippen LogP contribution in [0.5, 0.6) is 11.5 Å². The number of nitrogens with one attached hydrogen (secondary N) is 1. The van der Waals surface area contributed by atoms with Crippen molar-refractivity contribution in [1.82, 2.24) is 10.2 Å². The zero-order valence-electron chi connectivity index (χ0n) is 16.7. The number of benzene rings is 2. The molecule has 1 aliphatic heterocycles. The van der Waals surface area contributed by atoms with Crippen molar-refractivity contribution in [3.05, 3.63) is 64.6 Å². The van der Waals surface area contributed by atoms with Gasteiger partial charge in [0, 0.05) is 13.1 Å². The molecule has 1 saturated heterocycles. The summed E-state index contributed by atoms with van der Waals surface area (Å²) < 4.78 is 10.4. The Morgan fingerprint density at radius 1 is 1.13 bits per heavy atom. The number of carbonyl (C=O) groups is 3. The van der Waals surface area contributed by atoms with Gasteiger partial charge in [-0.25, -0.2) is 0 Å². The van der Waals surface area contributed by atoms with Gasteiger partial charge in [0.1, 0.15) is 11.5 Å². The lowest BCUT2D eigenvalue weighted by atomic mass is 10.2. The molecule has 0 saturated carbocycles. The first-order valence-electron chi connectivity index (χ1n) is 9.29. The number of imide groups is 1. The van der Waals surface area contributed by atoms with Crippen LogP contribution in [0.2, 0.25) is 0 Å². The number of rotatable bonds is 8. The average Bonchev–Trinajstić information content (AvgIpc) is 3.05. The Bertz CT molecular complexity index is 1040. The van der Waals surface area contributed by atoms with E-state index in [1.165, 1.54) is 0 Å². The van der Waals surface area contributed by atoms with Gasteiger partial charge in [0.25, 0.3) is 17.1 Å². The van der Waals surface area contributed by atoms with Crippen molar-refractivity contribution in [3.8, 4) is 17.6 Å². The molecule has 8 nitrogen and oxygen atoms in total. The molecule has 0 spiro atoms. The fourth-order valence-corrected chi connectivity index (χ4v) is 3.54. The maximum atomic E-state index is 12.5. The van der Waals surface area contributed by atoms with Crippen LogP contribution in [0.1, 0.15) is 11.1 Å². The van der Waals surface area contributed by atoms with Crippen molar-refractivity contribution < 1.29 is 23.9 Å². The summed E-state index contributed by atoms with van der Waals surface area (Å²) in [4.78, 5) is 38.0. The molecular formula is C22H19N3O5S. The lowest BCUT2D eigenvalue weighted by Gasteiger charge is -2.13. The third kappa shape index (κ3) is 5.87. The molecule has 0 aliphatic carbocycles. The molecule has 3 amide bonds. The maximum absolute atomic E-state index is 12.5. The van der Waals surface area contributed by atoms with Crippen molar-refractivity contribution >= 4 is 34.9 Å². The summed E-state index contributed by atoms with van der Waals surface area (Å²) in [6.45, 7) is -0.0399. The van der Waals surface area contributed by atoms with Crippen LogP contribution in [0, 0.1) is 11.3 Å². The van der Waals surface area contributed by atoms with Crippen LogP contribution in [0.3, 0.4) is 0 Å². The van der Waals surface area contributed by atoms with E-state index in [0.29, 0.717) is 22.0 Å². The molecular weight excluding hydrogens is 418 g/mol. The Hall–Kier alpha value is -3.77. The number of nitriles is 1. The lowest BCUT2D eigenvalue weighted by molar-refractivity contribution is -0.125. The quantitative estimate of drug-likeness (QED) is 0.633. The minimum absolute atomic E-state index is 0.0627. The van der Waals surface area contributed by atoms with Crippen LogP contribution in [0.25, 0.3) is 6.08 Å². The first-order valence-corrected chi connectivity index (χ1v) is 10.1.